The maximum absolute atomic E-state index is 12.3. The molecule has 1 aromatic carbocycles. The summed E-state index contributed by atoms with van der Waals surface area (Å²) in [5.41, 5.74) is -0.0684. The van der Waals surface area contributed by atoms with Crippen LogP contribution in [0.2, 0.25) is 0 Å². The van der Waals surface area contributed by atoms with E-state index in [1.165, 1.54) is 42.9 Å². The van der Waals surface area contributed by atoms with E-state index in [-0.39, 0.29) is 22.8 Å². The van der Waals surface area contributed by atoms with Crippen molar-refractivity contribution in [2.45, 2.75) is 13.0 Å². The first kappa shape index (κ1) is 20.8. The van der Waals surface area contributed by atoms with Crippen molar-refractivity contribution in [3.05, 3.63) is 52.0 Å². The lowest BCUT2D eigenvalue weighted by Crippen LogP contribution is -2.30. The third kappa shape index (κ3) is 5.27. The molecular formula is C17H18N4O6S. The monoisotopic (exact) mass is 406 g/mol. The maximum Gasteiger partial charge on any atom is 0.358 e. The fourth-order valence-electron chi connectivity index (χ4n) is 2.02. The van der Waals surface area contributed by atoms with Crippen LogP contribution in [0.4, 0.5) is 16.5 Å². The Morgan fingerprint density at radius 1 is 1.46 bits per heavy atom. The van der Waals surface area contributed by atoms with E-state index in [0.717, 1.165) is 6.07 Å². The van der Waals surface area contributed by atoms with Crippen LogP contribution in [-0.4, -0.2) is 41.5 Å². The topological polar surface area (TPSA) is 133 Å². The van der Waals surface area contributed by atoms with Crippen molar-refractivity contribution in [3.8, 4) is 5.75 Å². The molecule has 148 valence electrons. The highest BCUT2D eigenvalue weighted by molar-refractivity contribution is 7.13. The van der Waals surface area contributed by atoms with E-state index in [4.69, 9.17) is 9.47 Å². The quantitative estimate of drug-likeness (QED) is 0.281. The summed E-state index contributed by atoms with van der Waals surface area (Å²) in [5, 5.41) is 18.3. The summed E-state index contributed by atoms with van der Waals surface area (Å²) in [6.45, 7) is 5.44. The highest BCUT2D eigenvalue weighted by Crippen LogP contribution is 2.29. The Balaban J connectivity index is 2.03. The van der Waals surface area contributed by atoms with Crippen LogP contribution in [0.3, 0.4) is 0 Å². The fourth-order valence-corrected chi connectivity index (χ4v) is 2.71. The molecule has 2 N–H and O–H groups in total. The maximum atomic E-state index is 12.3. The number of non-ortho nitro benzene ring substituents is 1. The van der Waals surface area contributed by atoms with Gasteiger partial charge in [-0.15, -0.1) is 17.9 Å². The number of carbonyl (C=O) groups excluding carboxylic acids is 2. The number of aromatic nitrogens is 1. The number of methoxy groups -OCH3 is 1. The summed E-state index contributed by atoms with van der Waals surface area (Å²) in [4.78, 5) is 38.8. The minimum absolute atomic E-state index is 0.0594. The van der Waals surface area contributed by atoms with Crippen LogP contribution < -0.4 is 15.4 Å². The zero-order valence-electron chi connectivity index (χ0n) is 15.1. The van der Waals surface area contributed by atoms with Gasteiger partial charge in [0.1, 0.15) is 5.75 Å². The number of carbonyl (C=O) groups is 2. The predicted molar refractivity (Wildman–Crippen MR) is 104 cm³/mol. The number of nitrogens with one attached hydrogen (secondary N) is 2. The molecule has 28 heavy (non-hydrogen) atoms. The SMILES string of the molecule is C=CCNc1nc(C(=O)OC(C)C(=O)Nc2cc([N+](=O)[O-])ccc2OC)cs1. The number of rotatable bonds is 9. The molecule has 1 unspecified atom stereocenters. The Labute approximate surface area is 164 Å². The Hall–Kier alpha value is -3.47. The Morgan fingerprint density at radius 2 is 2.21 bits per heavy atom. The highest BCUT2D eigenvalue weighted by atomic mass is 32.1. The van der Waals surface area contributed by atoms with Crippen molar-refractivity contribution in [2.24, 2.45) is 0 Å². The van der Waals surface area contributed by atoms with E-state index < -0.39 is 22.9 Å². The van der Waals surface area contributed by atoms with E-state index >= 15 is 0 Å². The average molecular weight is 406 g/mol. The van der Waals surface area contributed by atoms with Crippen LogP contribution in [0.5, 0.6) is 5.75 Å². The van der Waals surface area contributed by atoms with E-state index in [9.17, 15) is 19.7 Å². The summed E-state index contributed by atoms with van der Waals surface area (Å²) < 4.78 is 10.2. The van der Waals surface area contributed by atoms with Crippen LogP contribution >= 0.6 is 11.3 Å². The van der Waals surface area contributed by atoms with Gasteiger partial charge in [-0.05, 0) is 13.0 Å². The molecule has 1 heterocycles. The first-order valence-electron chi connectivity index (χ1n) is 8.00. The smallest absolute Gasteiger partial charge is 0.358 e. The highest BCUT2D eigenvalue weighted by Gasteiger charge is 2.22. The number of amides is 1. The summed E-state index contributed by atoms with van der Waals surface area (Å²) >= 11 is 1.21. The van der Waals surface area contributed by atoms with Crippen molar-refractivity contribution in [3.63, 3.8) is 0 Å². The predicted octanol–water partition coefficient (Wildman–Crippen LogP) is 2.84. The van der Waals surface area contributed by atoms with Crippen LogP contribution in [-0.2, 0) is 9.53 Å². The minimum atomic E-state index is -1.16. The molecule has 0 spiro atoms. The number of hydrogen-bond donors (Lipinski definition) is 2. The molecule has 0 aliphatic rings. The molecule has 11 heteroatoms. The van der Waals surface area contributed by atoms with Gasteiger partial charge in [0.05, 0.1) is 17.7 Å². The lowest BCUT2D eigenvalue weighted by molar-refractivity contribution is -0.384. The molecule has 0 saturated heterocycles. The molecule has 1 atom stereocenters. The number of benzene rings is 1. The summed E-state index contributed by atoms with van der Waals surface area (Å²) in [7, 11) is 1.36. The van der Waals surface area contributed by atoms with Gasteiger partial charge < -0.3 is 20.1 Å². The molecule has 0 aliphatic carbocycles. The van der Waals surface area contributed by atoms with Crippen LogP contribution in [0.15, 0.2) is 36.2 Å². The third-order valence-corrected chi connectivity index (χ3v) is 4.22. The number of ether oxygens (including phenoxy) is 2. The molecule has 1 amide bonds. The normalized spacial score (nSPS) is 11.2. The van der Waals surface area contributed by atoms with Gasteiger partial charge in [-0.1, -0.05) is 6.08 Å². The van der Waals surface area contributed by atoms with Crippen molar-refractivity contribution < 1.29 is 24.0 Å². The van der Waals surface area contributed by atoms with Crippen molar-refractivity contribution in [2.75, 3.05) is 24.3 Å². The van der Waals surface area contributed by atoms with Gasteiger partial charge in [0.2, 0.25) is 0 Å². The average Bonchev–Trinajstić information content (AvgIpc) is 3.15. The molecule has 2 aromatic rings. The summed E-state index contributed by atoms with van der Waals surface area (Å²) in [6, 6.07) is 3.76. The van der Waals surface area contributed by atoms with Crippen LogP contribution in [0, 0.1) is 10.1 Å². The first-order valence-corrected chi connectivity index (χ1v) is 8.88. The number of hydrogen-bond acceptors (Lipinski definition) is 9. The molecule has 0 saturated carbocycles. The Kier molecular flexibility index (Phi) is 7.04. The zero-order valence-corrected chi connectivity index (χ0v) is 15.9. The molecule has 10 nitrogen and oxygen atoms in total. The van der Waals surface area contributed by atoms with E-state index in [2.05, 4.69) is 22.2 Å². The molecule has 0 bridgehead atoms. The van der Waals surface area contributed by atoms with Crippen molar-refractivity contribution in [1.82, 2.24) is 4.98 Å². The number of nitro groups is 1. The summed E-state index contributed by atoms with van der Waals surface area (Å²) in [6.07, 6.45) is 0.483. The molecule has 0 fully saturated rings. The zero-order chi connectivity index (χ0) is 20.7. The van der Waals surface area contributed by atoms with Gasteiger partial charge in [0.25, 0.3) is 11.6 Å². The van der Waals surface area contributed by atoms with Gasteiger partial charge in [0, 0.05) is 24.1 Å². The van der Waals surface area contributed by atoms with Gasteiger partial charge in [-0.25, -0.2) is 9.78 Å². The lowest BCUT2D eigenvalue weighted by atomic mass is 10.2. The number of esters is 1. The number of nitrogens with zero attached hydrogens (tertiary/aromatic N) is 2. The number of anilines is 2. The van der Waals surface area contributed by atoms with Gasteiger partial charge >= 0.3 is 5.97 Å². The summed E-state index contributed by atoms with van der Waals surface area (Å²) in [5.74, 6) is -1.21. The minimum Gasteiger partial charge on any atom is -0.495 e. The van der Waals surface area contributed by atoms with E-state index in [0.29, 0.717) is 11.7 Å². The molecule has 0 aliphatic heterocycles. The van der Waals surface area contributed by atoms with Crippen molar-refractivity contribution in [1.29, 1.82) is 0 Å². The van der Waals surface area contributed by atoms with E-state index in [1.54, 1.807) is 6.08 Å². The van der Waals surface area contributed by atoms with Gasteiger partial charge in [0.15, 0.2) is 16.9 Å². The van der Waals surface area contributed by atoms with Crippen LogP contribution in [0.25, 0.3) is 0 Å². The molecule has 0 radical (unpaired) electrons. The van der Waals surface area contributed by atoms with E-state index in [1.807, 2.05) is 0 Å². The lowest BCUT2D eigenvalue weighted by Gasteiger charge is -2.14. The second-order valence-electron chi connectivity index (χ2n) is 5.39. The molecule has 1 aromatic heterocycles. The second kappa shape index (κ2) is 9.46. The number of thiazole rings is 1. The van der Waals surface area contributed by atoms with Gasteiger partial charge in [-0.3, -0.25) is 14.9 Å². The second-order valence-corrected chi connectivity index (χ2v) is 6.24. The Morgan fingerprint density at radius 3 is 2.86 bits per heavy atom. The first-order chi connectivity index (χ1) is 13.3. The third-order valence-electron chi connectivity index (χ3n) is 3.42. The van der Waals surface area contributed by atoms with Crippen molar-refractivity contribution >= 4 is 39.7 Å². The number of nitro benzene ring substituents is 1. The fraction of sp³-hybridized carbons (Fsp3) is 0.235. The molecule has 2 rings (SSSR count). The molecular weight excluding hydrogens is 388 g/mol. The standard InChI is InChI=1S/C17H18N4O6S/c1-4-7-18-17-20-13(9-28-17)16(23)27-10(2)15(22)19-12-8-11(21(24)25)5-6-14(12)26-3/h4-6,8-10H,1,7H2,2-3H3,(H,18,20)(H,19,22). The Bertz CT molecular complexity index is 898. The largest absolute Gasteiger partial charge is 0.495 e. The van der Waals surface area contributed by atoms with Gasteiger partial charge in [-0.2, -0.15) is 0 Å². The van der Waals surface area contributed by atoms with Crippen LogP contribution in [0.1, 0.15) is 17.4 Å².